The summed E-state index contributed by atoms with van der Waals surface area (Å²) in [5.41, 5.74) is 3.79. The Labute approximate surface area is 203 Å². The van der Waals surface area contributed by atoms with Crippen LogP contribution < -0.4 is 9.47 Å². The molecule has 34 heavy (non-hydrogen) atoms. The number of hydrogen-bond acceptors (Lipinski definition) is 6. The van der Waals surface area contributed by atoms with Gasteiger partial charge in [0.15, 0.2) is 11.5 Å². The highest BCUT2D eigenvalue weighted by Gasteiger charge is 2.25. The second-order valence-electron chi connectivity index (χ2n) is 9.33. The second-order valence-corrected chi connectivity index (χ2v) is 9.33. The summed E-state index contributed by atoms with van der Waals surface area (Å²) in [7, 11) is 3.34. The minimum Gasteiger partial charge on any atom is -0.493 e. The number of benzene rings is 2. The predicted molar refractivity (Wildman–Crippen MR) is 134 cm³/mol. The van der Waals surface area contributed by atoms with Crippen molar-refractivity contribution in [1.29, 1.82) is 0 Å². The van der Waals surface area contributed by atoms with Crippen LogP contribution in [0.25, 0.3) is 0 Å². The number of rotatable bonds is 8. The van der Waals surface area contributed by atoms with Crippen molar-refractivity contribution in [3.8, 4) is 11.5 Å². The van der Waals surface area contributed by atoms with Crippen LogP contribution in [0.1, 0.15) is 16.7 Å². The number of methoxy groups -OCH3 is 2. The lowest BCUT2D eigenvalue weighted by atomic mass is 10.1. The molecular weight excluding hydrogens is 428 g/mol. The molecule has 0 aromatic heterocycles. The highest BCUT2D eigenvalue weighted by Crippen LogP contribution is 2.31. The largest absolute Gasteiger partial charge is 0.493 e. The van der Waals surface area contributed by atoms with Gasteiger partial charge in [-0.05, 0) is 35.7 Å². The lowest BCUT2D eigenvalue weighted by molar-refractivity contribution is -0.134. The Hall–Kier alpha value is -2.61. The highest BCUT2D eigenvalue weighted by molar-refractivity contribution is 5.78. The van der Waals surface area contributed by atoms with E-state index in [4.69, 9.17) is 9.47 Å². The van der Waals surface area contributed by atoms with Crippen LogP contribution >= 0.6 is 0 Å². The number of aryl methyl sites for hydroxylation is 1. The molecule has 184 valence electrons. The molecule has 2 heterocycles. The van der Waals surface area contributed by atoms with Crippen molar-refractivity contribution in [2.45, 2.75) is 20.0 Å². The summed E-state index contributed by atoms with van der Waals surface area (Å²) in [6.45, 7) is 11.8. The van der Waals surface area contributed by atoms with Gasteiger partial charge in [0.25, 0.3) is 0 Å². The number of carbonyl (C=O) groups is 1. The fourth-order valence-corrected chi connectivity index (χ4v) is 4.83. The van der Waals surface area contributed by atoms with Gasteiger partial charge in [-0.3, -0.25) is 19.5 Å². The number of amides is 1. The summed E-state index contributed by atoms with van der Waals surface area (Å²) < 4.78 is 10.9. The molecule has 0 bridgehead atoms. The van der Waals surface area contributed by atoms with E-state index < -0.39 is 0 Å². The van der Waals surface area contributed by atoms with Crippen molar-refractivity contribution in [3.05, 3.63) is 59.2 Å². The van der Waals surface area contributed by atoms with E-state index >= 15 is 0 Å². The number of piperazine rings is 2. The molecule has 2 aromatic rings. The van der Waals surface area contributed by atoms with Crippen molar-refractivity contribution in [1.82, 2.24) is 19.6 Å². The molecule has 0 aliphatic carbocycles. The summed E-state index contributed by atoms with van der Waals surface area (Å²) in [4.78, 5) is 22.2. The fraction of sp³-hybridized carbons (Fsp3) is 0.519. The third-order valence-corrected chi connectivity index (χ3v) is 7.03. The van der Waals surface area contributed by atoms with E-state index in [1.54, 1.807) is 14.2 Å². The van der Waals surface area contributed by atoms with Crippen LogP contribution in [0.4, 0.5) is 0 Å². The molecule has 0 N–H and O–H groups in total. The molecule has 2 aliphatic heterocycles. The third kappa shape index (κ3) is 6.29. The molecule has 7 nitrogen and oxygen atoms in total. The minimum atomic E-state index is 0.262. The number of carbonyl (C=O) groups excluding carboxylic acids is 1. The first-order valence-electron chi connectivity index (χ1n) is 12.3. The average Bonchev–Trinajstić information content (AvgIpc) is 2.87. The van der Waals surface area contributed by atoms with Crippen molar-refractivity contribution >= 4 is 5.91 Å². The number of hydrogen-bond donors (Lipinski definition) is 0. The first kappa shape index (κ1) is 24.5. The van der Waals surface area contributed by atoms with Crippen molar-refractivity contribution in [3.63, 3.8) is 0 Å². The standard InChI is InChI=1S/C27H38N4O3/c1-22-17-25(33-2)26(34-3)18-24(22)20-29-13-15-31(16-14-29)27(32)21-30-11-9-28(10-12-30)19-23-7-5-4-6-8-23/h4-8,17-18H,9-16,19-21H2,1-3H3. The average molecular weight is 467 g/mol. The maximum atomic E-state index is 12.9. The molecular formula is C27H38N4O3. The summed E-state index contributed by atoms with van der Waals surface area (Å²) >= 11 is 0. The van der Waals surface area contributed by atoms with Gasteiger partial charge in [-0.1, -0.05) is 30.3 Å². The van der Waals surface area contributed by atoms with Gasteiger partial charge in [0.2, 0.25) is 5.91 Å². The summed E-state index contributed by atoms with van der Waals surface area (Å²) in [6, 6.07) is 14.7. The molecule has 7 heteroatoms. The summed E-state index contributed by atoms with van der Waals surface area (Å²) in [5, 5.41) is 0. The smallest absolute Gasteiger partial charge is 0.236 e. The van der Waals surface area contributed by atoms with Gasteiger partial charge in [-0.15, -0.1) is 0 Å². The lowest BCUT2D eigenvalue weighted by Gasteiger charge is -2.38. The van der Waals surface area contributed by atoms with Gasteiger partial charge in [-0.2, -0.15) is 0 Å². The van der Waals surface area contributed by atoms with Gasteiger partial charge in [0.05, 0.1) is 20.8 Å². The number of ether oxygens (including phenoxy) is 2. The monoisotopic (exact) mass is 466 g/mol. The quantitative estimate of drug-likeness (QED) is 0.596. The molecule has 2 aliphatic rings. The van der Waals surface area contributed by atoms with E-state index in [1.165, 1.54) is 16.7 Å². The normalized spacial score (nSPS) is 18.1. The molecule has 2 aromatic carbocycles. The van der Waals surface area contributed by atoms with Crippen LogP contribution in [0.15, 0.2) is 42.5 Å². The first-order valence-corrected chi connectivity index (χ1v) is 12.3. The zero-order valence-corrected chi connectivity index (χ0v) is 20.8. The molecule has 4 rings (SSSR count). The van der Waals surface area contributed by atoms with Crippen LogP contribution in [0.3, 0.4) is 0 Å². The maximum absolute atomic E-state index is 12.9. The molecule has 0 atom stereocenters. The van der Waals surface area contributed by atoms with Gasteiger partial charge < -0.3 is 14.4 Å². The zero-order chi connectivity index (χ0) is 23.9. The van der Waals surface area contributed by atoms with Crippen molar-refractivity contribution < 1.29 is 14.3 Å². The van der Waals surface area contributed by atoms with Gasteiger partial charge >= 0.3 is 0 Å². The molecule has 0 saturated carbocycles. The Morgan fingerprint density at radius 3 is 1.97 bits per heavy atom. The van der Waals surface area contributed by atoms with Gasteiger partial charge in [0.1, 0.15) is 0 Å². The minimum absolute atomic E-state index is 0.262. The predicted octanol–water partition coefficient (Wildman–Crippen LogP) is 2.47. The fourth-order valence-electron chi connectivity index (χ4n) is 4.83. The second kappa shape index (κ2) is 11.7. The Kier molecular flexibility index (Phi) is 8.43. The van der Waals surface area contributed by atoms with E-state index in [0.29, 0.717) is 6.54 Å². The van der Waals surface area contributed by atoms with Crippen molar-refractivity contribution in [2.75, 3.05) is 73.1 Å². The molecule has 0 radical (unpaired) electrons. The Bertz CT molecular complexity index is 936. The summed E-state index contributed by atoms with van der Waals surface area (Å²) in [6.07, 6.45) is 0. The van der Waals surface area contributed by atoms with E-state index in [1.807, 2.05) is 11.0 Å². The van der Waals surface area contributed by atoms with Crippen LogP contribution in [-0.2, 0) is 17.9 Å². The molecule has 2 saturated heterocycles. The Balaban J connectivity index is 1.20. The van der Waals surface area contributed by atoms with Crippen LogP contribution in [-0.4, -0.2) is 98.6 Å². The topological polar surface area (TPSA) is 48.5 Å². The van der Waals surface area contributed by atoms with Gasteiger partial charge in [0, 0.05) is 65.4 Å². The molecule has 0 unspecified atom stereocenters. The first-order chi connectivity index (χ1) is 16.6. The molecule has 2 fully saturated rings. The van der Waals surface area contributed by atoms with E-state index in [9.17, 15) is 4.79 Å². The van der Waals surface area contributed by atoms with E-state index in [2.05, 4.69) is 58.0 Å². The molecule has 1 amide bonds. The third-order valence-electron chi connectivity index (χ3n) is 7.03. The summed E-state index contributed by atoms with van der Waals surface area (Å²) in [5.74, 6) is 1.79. The number of nitrogens with zero attached hydrogens (tertiary/aromatic N) is 4. The Morgan fingerprint density at radius 1 is 0.765 bits per heavy atom. The van der Waals surface area contributed by atoms with Gasteiger partial charge in [-0.25, -0.2) is 0 Å². The SMILES string of the molecule is COc1cc(C)c(CN2CCN(C(=O)CN3CCN(Cc4ccccc4)CC3)CC2)cc1OC. The zero-order valence-electron chi connectivity index (χ0n) is 20.8. The van der Waals surface area contributed by atoms with Crippen molar-refractivity contribution in [2.24, 2.45) is 0 Å². The van der Waals surface area contributed by atoms with E-state index in [-0.39, 0.29) is 5.91 Å². The Morgan fingerprint density at radius 2 is 1.32 bits per heavy atom. The highest BCUT2D eigenvalue weighted by atomic mass is 16.5. The van der Waals surface area contributed by atoms with E-state index in [0.717, 1.165) is 76.9 Å². The van der Waals surface area contributed by atoms with Crippen LogP contribution in [0, 0.1) is 6.92 Å². The lowest BCUT2D eigenvalue weighted by Crippen LogP contribution is -2.53. The van der Waals surface area contributed by atoms with Crippen LogP contribution in [0.5, 0.6) is 11.5 Å². The van der Waals surface area contributed by atoms with Crippen LogP contribution in [0.2, 0.25) is 0 Å². The maximum Gasteiger partial charge on any atom is 0.236 e. The molecule has 0 spiro atoms.